The Morgan fingerprint density at radius 3 is 3.00 bits per heavy atom. The van der Waals surface area contributed by atoms with E-state index in [-0.39, 0.29) is 12.2 Å². The van der Waals surface area contributed by atoms with Crippen molar-refractivity contribution in [3.05, 3.63) is 23.3 Å². The second kappa shape index (κ2) is 3.64. The number of aryl methyl sites for hydroxylation is 1. The Kier molecular flexibility index (Phi) is 2.16. The molecule has 96 valence electrons. The number of ether oxygens (including phenoxy) is 2. The van der Waals surface area contributed by atoms with Crippen LogP contribution in [0, 0.1) is 5.92 Å². The number of hydrogen-bond acceptors (Lipinski definition) is 3. The van der Waals surface area contributed by atoms with Crippen molar-refractivity contribution in [1.82, 2.24) is 0 Å². The molecular weight excluding hydrogens is 228 g/mol. The minimum Gasteiger partial charge on any atom is -0.493 e. The zero-order valence-electron chi connectivity index (χ0n) is 10.6. The van der Waals surface area contributed by atoms with Gasteiger partial charge in [0, 0.05) is 11.5 Å². The molecule has 1 fully saturated rings. The molecular formula is C15H18O3. The molecule has 1 aliphatic heterocycles. The highest BCUT2D eigenvalue weighted by atomic mass is 16.5. The molecule has 1 aromatic carbocycles. The Bertz CT molecular complexity index is 497. The zero-order valence-corrected chi connectivity index (χ0v) is 10.6. The topological polar surface area (TPSA) is 38.7 Å². The molecule has 3 heteroatoms. The molecule has 0 radical (unpaired) electrons. The summed E-state index contributed by atoms with van der Waals surface area (Å²) in [7, 11) is 1.68. The average Bonchev–Trinajstić information content (AvgIpc) is 2.81. The molecule has 18 heavy (non-hydrogen) atoms. The van der Waals surface area contributed by atoms with Crippen LogP contribution in [0.5, 0.6) is 11.5 Å². The van der Waals surface area contributed by atoms with E-state index in [9.17, 15) is 5.11 Å². The summed E-state index contributed by atoms with van der Waals surface area (Å²) < 4.78 is 11.5. The van der Waals surface area contributed by atoms with Crippen LogP contribution in [0.3, 0.4) is 0 Å². The molecule has 0 spiro atoms. The smallest absolute Gasteiger partial charge is 0.165 e. The molecule has 1 N–H and O–H groups in total. The summed E-state index contributed by atoms with van der Waals surface area (Å²) in [4.78, 5) is 0. The SMILES string of the molecule is COc1ccc2c3c1OC1C(O)CCC(CC2)C31. The lowest BCUT2D eigenvalue weighted by Crippen LogP contribution is -2.42. The van der Waals surface area contributed by atoms with Crippen molar-refractivity contribution < 1.29 is 14.6 Å². The number of aliphatic hydroxyl groups is 1. The Hall–Kier alpha value is -1.22. The number of aliphatic hydroxyl groups excluding tert-OH is 1. The molecule has 0 saturated heterocycles. The summed E-state index contributed by atoms with van der Waals surface area (Å²) in [6, 6.07) is 4.17. The van der Waals surface area contributed by atoms with E-state index >= 15 is 0 Å². The minimum atomic E-state index is -0.325. The van der Waals surface area contributed by atoms with E-state index in [1.165, 1.54) is 17.5 Å². The van der Waals surface area contributed by atoms with Gasteiger partial charge in [0.25, 0.3) is 0 Å². The van der Waals surface area contributed by atoms with Crippen molar-refractivity contribution in [2.24, 2.45) is 5.92 Å². The highest BCUT2D eigenvalue weighted by Gasteiger charge is 2.50. The predicted octanol–water partition coefficient (Wildman–Crippen LogP) is 2.26. The third-order valence-corrected chi connectivity index (χ3v) is 4.92. The van der Waals surface area contributed by atoms with E-state index in [0.717, 1.165) is 30.8 Å². The van der Waals surface area contributed by atoms with Gasteiger partial charge >= 0.3 is 0 Å². The lowest BCUT2D eigenvalue weighted by molar-refractivity contribution is -0.0131. The van der Waals surface area contributed by atoms with Gasteiger partial charge in [-0.25, -0.2) is 0 Å². The van der Waals surface area contributed by atoms with Crippen molar-refractivity contribution >= 4 is 0 Å². The maximum absolute atomic E-state index is 10.2. The summed E-state index contributed by atoms with van der Waals surface area (Å²) in [5.41, 5.74) is 2.72. The molecule has 3 aliphatic rings. The van der Waals surface area contributed by atoms with Gasteiger partial charge in [0.15, 0.2) is 11.5 Å². The van der Waals surface area contributed by atoms with Gasteiger partial charge in [-0.05, 0) is 43.2 Å². The van der Waals surface area contributed by atoms with Gasteiger partial charge in [0.05, 0.1) is 13.2 Å². The highest BCUT2D eigenvalue weighted by Crippen LogP contribution is 2.56. The number of rotatable bonds is 1. The maximum atomic E-state index is 10.2. The normalized spacial score (nSPS) is 35.9. The molecule has 0 bridgehead atoms. The fraction of sp³-hybridized carbons (Fsp3) is 0.600. The van der Waals surface area contributed by atoms with Crippen molar-refractivity contribution in [2.75, 3.05) is 7.11 Å². The largest absolute Gasteiger partial charge is 0.493 e. The minimum absolute atomic E-state index is 0.0471. The van der Waals surface area contributed by atoms with Crippen LogP contribution in [0.4, 0.5) is 0 Å². The van der Waals surface area contributed by atoms with Crippen LogP contribution >= 0.6 is 0 Å². The first kappa shape index (κ1) is 10.7. The molecule has 1 heterocycles. The summed E-state index contributed by atoms with van der Waals surface area (Å²) in [6.07, 6.45) is 4.00. The standard InChI is InChI=1S/C15H18O3/c1-17-11-7-5-9-3-2-8-4-6-10(16)14-12(8)13(9)15(11)18-14/h5,7-8,10,12,14,16H,2-4,6H2,1H3. The van der Waals surface area contributed by atoms with Gasteiger partial charge in [0.1, 0.15) is 6.10 Å². The molecule has 1 aromatic rings. The first-order valence-electron chi connectivity index (χ1n) is 6.84. The Morgan fingerprint density at radius 2 is 2.17 bits per heavy atom. The van der Waals surface area contributed by atoms with Crippen LogP contribution in [0.1, 0.15) is 36.3 Å². The van der Waals surface area contributed by atoms with Crippen molar-refractivity contribution in [3.63, 3.8) is 0 Å². The number of hydrogen-bond donors (Lipinski definition) is 1. The molecule has 0 aromatic heterocycles. The van der Waals surface area contributed by atoms with Gasteiger partial charge in [-0.1, -0.05) is 6.07 Å². The van der Waals surface area contributed by atoms with E-state index in [0.29, 0.717) is 11.8 Å². The predicted molar refractivity (Wildman–Crippen MR) is 67.2 cm³/mol. The van der Waals surface area contributed by atoms with Gasteiger partial charge in [-0.2, -0.15) is 0 Å². The molecule has 4 atom stereocenters. The zero-order chi connectivity index (χ0) is 12.3. The Labute approximate surface area is 107 Å². The molecule has 4 rings (SSSR count). The third-order valence-electron chi connectivity index (χ3n) is 4.92. The summed E-state index contributed by atoms with van der Waals surface area (Å²) in [6.45, 7) is 0. The van der Waals surface area contributed by atoms with Crippen LogP contribution in [0.2, 0.25) is 0 Å². The summed E-state index contributed by atoms with van der Waals surface area (Å²) in [5.74, 6) is 2.79. The van der Waals surface area contributed by atoms with Crippen LogP contribution in [0.15, 0.2) is 12.1 Å². The van der Waals surface area contributed by atoms with Gasteiger partial charge in [-0.15, -0.1) is 0 Å². The second-order valence-electron chi connectivity index (χ2n) is 5.72. The van der Waals surface area contributed by atoms with Crippen molar-refractivity contribution in [2.45, 2.75) is 43.8 Å². The van der Waals surface area contributed by atoms with Crippen LogP contribution in [-0.2, 0) is 6.42 Å². The Morgan fingerprint density at radius 1 is 1.28 bits per heavy atom. The fourth-order valence-electron chi connectivity index (χ4n) is 4.07. The first-order valence-corrected chi connectivity index (χ1v) is 6.84. The molecule has 0 amide bonds. The quantitative estimate of drug-likeness (QED) is 0.826. The second-order valence-corrected chi connectivity index (χ2v) is 5.72. The average molecular weight is 246 g/mol. The van der Waals surface area contributed by atoms with Gasteiger partial charge < -0.3 is 14.6 Å². The van der Waals surface area contributed by atoms with E-state index in [2.05, 4.69) is 6.07 Å². The van der Waals surface area contributed by atoms with Crippen LogP contribution in [0.25, 0.3) is 0 Å². The van der Waals surface area contributed by atoms with E-state index < -0.39 is 0 Å². The maximum Gasteiger partial charge on any atom is 0.165 e. The molecule has 1 saturated carbocycles. The van der Waals surface area contributed by atoms with Crippen molar-refractivity contribution in [1.29, 1.82) is 0 Å². The van der Waals surface area contributed by atoms with Crippen LogP contribution in [-0.4, -0.2) is 24.4 Å². The van der Waals surface area contributed by atoms with Gasteiger partial charge in [-0.3, -0.25) is 0 Å². The monoisotopic (exact) mass is 246 g/mol. The van der Waals surface area contributed by atoms with Gasteiger partial charge in [0.2, 0.25) is 0 Å². The number of benzene rings is 1. The molecule has 3 nitrogen and oxygen atoms in total. The lowest BCUT2D eigenvalue weighted by atomic mass is 9.67. The van der Waals surface area contributed by atoms with E-state index in [1.807, 2.05) is 6.07 Å². The molecule has 4 unspecified atom stereocenters. The molecule has 2 aliphatic carbocycles. The Balaban J connectivity index is 1.90. The van der Waals surface area contributed by atoms with E-state index in [1.54, 1.807) is 7.11 Å². The van der Waals surface area contributed by atoms with E-state index in [4.69, 9.17) is 9.47 Å². The van der Waals surface area contributed by atoms with Crippen LogP contribution < -0.4 is 9.47 Å². The fourth-order valence-corrected chi connectivity index (χ4v) is 4.07. The summed E-state index contributed by atoms with van der Waals surface area (Å²) >= 11 is 0. The summed E-state index contributed by atoms with van der Waals surface area (Å²) in [5, 5.41) is 10.2. The van der Waals surface area contributed by atoms with Crippen molar-refractivity contribution in [3.8, 4) is 11.5 Å². The third kappa shape index (κ3) is 1.23. The first-order chi connectivity index (χ1) is 8.79. The lowest BCUT2D eigenvalue weighted by Gasteiger charge is -2.38. The highest BCUT2D eigenvalue weighted by molar-refractivity contribution is 5.57. The number of methoxy groups -OCH3 is 1.